The van der Waals surface area contributed by atoms with Gasteiger partial charge in [0.2, 0.25) is 0 Å². The summed E-state index contributed by atoms with van der Waals surface area (Å²) in [5, 5.41) is 0. The van der Waals surface area contributed by atoms with Gasteiger partial charge in [-0.1, -0.05) is 0 Å². The van der Waals surface area contributed by atoms with Crippen LogP contribution in [0.25, 0.3) is 0 Å². The molecule has 16 heavy (non-hydrogen) atoms. The van der Waals surface area contributed by atoms with E-state index in [1.807, 2.05) is 0 Å². The summed E-state index contributed by atoms with van der Waals surface area (Å²) in [5.41, 5.74) is 0.852. The highest BCUT2D eigenvalue weighted by Gasteiger charge is 2.15. The van der Waals surface area contributed by atoms with Gasteiger partial charge >= 0.3 is 0 Å². The fraction of sp³-hybridized carbons (Fsp3) is 0.0909. The summed E-state index contributed by atoms with van der Waals surface area (Å²) in [5.74, 6) is -0.456. The highest BCUT2D eigenvalue weighted by atomic mass is 32.2. The second kappa shape index (κ2) is 3.75. The molecule has 0 N–H and O–H groups in total. The van der Waals surface area contributed by atoms with E-state index in [9.17, 15) is 12.8 Å². The molecule has 0 aliphatic carbocycles. The summed E-state index contributed by atoms with van der Waals surface area (Å²) in [6.07, 6.45) is 2.98. The number of hydrogen-bond donors (Lipinski definition) is 0. The molecule has 0 bridgehead atoms. The van der Waals surface area contributed by atoms with Gasteiger partial charge < -0.3 is 0 Å². The molecule has 1 aromatic carbocycles. The fourth-order valence-electron chi connectivity index (χ4n) is 1.36. The Labute approximate surface area is 93.2 Å². The first-order chi connectivity index (χ1) is 7.50. The van der Waals surface area contributed by atoms with Crippen LogP contribution >= 0.6 is 0 Å². The number of halogens is 1. The topological polar surface area (TPSA) is 39.1 Å². The van der Waals surface area contributed by atoms with Gasteiger partial charge in [-0.25, -0.2) is 16.8 Å². The maximum atomic E-state index is 12.7. The van der Waals surface area contributed by atoms with Gasteiger partial charge in [0.1, 0.15) is 5.82 Å². The Morgan fingerprint density at radius 1 is 1.12 bits per heavy atom. The van der Waals surface area contributed by atoms with Crippen molar-refractivity contribution >= 4 is 10.0 Å². The van der Waals surface area contributed by atoms with Crippen molar-refractivity contribution in [3.8, 4) is 0 Å². The smallest absolute Gasteiger partial charge is 0.249 e. The molecule has 2 rings (SSSR count). The van der Waals surface area contributed by atoms with Crippen molar-refractivity contribution in [2.24, 2.45) is 0 Å². The Kier molecular flexibility index (Phi) is 2.55. The Bertz CT molecular complexity index is 599. The van der Waals surface area contributed by atoms with Crippen LogP contribution in [0, 0.1) is 12.7 Å². The Balaban J connectivity index is 2.51. The van der Waals surface area contributed by atoms with Crippen LogP contribution in [0.5, 0.6) is 0 Å². The molecule has 2 aromatic rings. The first-order valence-corrected chi connectivity index (χ1v) is 6.10. The second-order valence-corrected chi connectivity index (χ2v) is 5.32. The van der Waals surface area contributed by atoms with Crippen LogP contribution in [0.2, 0.25) is 0 Å². The Morgan fingerprint density at radius 3 is 2.25 bits per heavy atom. The first kappa shape index (κ1) is 10.9. The molecule has 84 valence electrons. The van der Waals surface area contributed by atoms with E-state index in [0.717, 1.165) is 21.7 Å². The van der Waals surface area contributed by atoms with Crippen LogP contribution in [-0.4, -0.2) is 12.4 Å². The van der Waals surface area contributed by atoms with Gasteiger partial charge in [0.25, 0.3) is 10.0 Å². The van der Waals surface area contributed by atoms with Crippen molar-refractivity contribution in [3.05, 3.63) is 54.1 Å². The predicted octanol–water partition coefficient (Wildman–Crippen LogP) is 2.17. The summed E-state index contributed by atoms with van der Waals surface area (Å²) in [6, 6.07) is 6.45. The number of benzene rings is 1. The molecule has 0 aliphatic heterocycles. The van der Waals surface area contributed by atoms with Crippen LogP contribution in [0.1, 0.15) is 5.56 Å². The van der Waals surface area contributed by atoms with Crippen molar-refractivity contribution in [2.75, 3.05) is 0 Å². The molecular formula is C11H10FNO2S. The van der Waals surface area contributed by atoms with Gasteiger partial charge in [-0.2, -0.15) is 0 Å². The molecule has 0 radical (unpaired) electrons. The van der Waals surface area contributed by atoms with Gasteiger partial charge in [-0.15, -0.1) is 0 Å². The van der Waals surface area contributed by atoms with Crippen LogP contribution < -0.4 is 0 Å². The van der Waals surface area contributed by atoms with E-state index in [4.69, 9.17) is 0 Å². The van der Waals surface area contributed by atoms with Crippen LogP contribution in [0.3, 0.4) is 0 Å². The zero-order chi connectivity index (χ0) is 11.8. The minimum absolute atomic E-state index is 0.0736. The molecule has 0 amide bonds. The third kappa shape index (κ3) is 1.86. The molecule has 0 atom stereocenters. The van der Waals surface area contributed by atoms with E-state index >= 15 is 0 Å². The third-order valence-corrected chi connectivity index (χ3v) is 3.85. The van der Waals surface area contributed by atoms with E-state index in [0.29, 0.717) is 0 Å². The number of aryl methyl sites for hydroxylation is 1. The van der Waals surface area contributed by atoms with E-state index in [1.165, 1.54) is 24.5 Å². The van der Waals surface area contributed by atoms with Crippen LogP contribution in [-0.2, 0) is 10.0 Å². The third-order valence-electron chi connectivity index (χ3n) is 2.20. The fourth-order valence-corrected chi connectivity index (χ4v) is 2.61. The van der Waals surface area contributed by atoms with Crippen molar-refractivity contribution < 1.29 is 12.8 Å². The zero-order valence-electron chi connectivity index (χ0n) is 8.59. The van der Waals surface area contributed by atoms with E-state index in [-0.39, 0.29) is 4.90 Å². The van der Waals surface area contributed by atoms with Crippen molar-refractivity contribution in [1.29, 1.82) is 0 Å². The van der Waals surface area contributed by atoms with E-state index < -0.39 is 15.8 Å². The number of nitrogens with zero attached hydrogens (tertiary/aromatic N) is 1. The number of hydrogen-bond acceptors (Lipinski definition) is 2. The molecule has 3 nitrogen and oxygen atoms in total. The van der Waals surface area contributed by atoms with Gasteiger partial charge in [0.15, 0.2) is 0 Å². The monoisotopic (exact) mass is 239 g/mol. The average Bonchev–Trinajstić information content (AvgIpc) is 2.66. The lowest BCUT2D eigenvalue weighted by molar-refractivity contribution is 0.586. The van der Waals surface area contributed by atoms with Crippen molar-refractivity contribution in [1.82, 2.24) is 3.97 Å². The molecule has 5 heteroatoms. The van der Waals surface area contributed by atoms with Gasteiger partial charge in [-0.3, -0.25) is 0 Å². The summed E-state index contributed by atoms with van der Waals surface area (Å²) in [7, 11) is -3.58. The maximum Gasteiger partial charge on any atom is 0.267 e. The summed E-state index contributed by atoms with van der Waals surface area (Å²) >= 11 is 0. The SMILES string of the molecule is Cc1ccn(S(=O)(=O)c2ccc(F)cc2)c1. The average molecular weight is 239 g/mol. The predicted molar refractivity (Wildman–Crippen MR) is 58.2 cm³/mol. The standard InChI is InChI=1S/C11H10FNO2S/c1-9-6-7-13(8-9)16(14,15)11-4-2-10(12)3-5-11/h2-8H,1H3. The van der Waals surface area contributed by atoms with Crippen molar-refractivity contribution in [3.63, 3.8) is 0 Å². The molecule has 0 saturated heterocycles. The second-order valence-electron chi connectivity index (χ2n) is 3.48. The van der Waals surface area contributed by atoms with Crippen molar-refractivity contribution in [2.45, 2.75) is 11.8 Å². The molecule has 0 fully saturated rings. The lowest BCUT2D eigenvalue weighted by atomic mass is 10.4. The minimum Gasteiger partial charge on any atom is -0.249 e. The van der Waals surface area contributed by atoms with Gasteiger partial charge in [-0.05, 0) is 42.8 Å². The quantitative estimate of drug-likeness (QED) is 0.805. The zero-order valence-corrected chi connectivity index (χ0v) is 9.41. The number of rotatable bonds is 2. The van der Waals surface area contributed by atoms with Gasteiger partial charge in [0.05, 0.1) is 4.90 Å². The lowest BCUT2D eigenvalue weighted by Gasteiger charge is -2.04. The molecule has 1 heterocycles. The molecule has 1 aromatic heterocycles. The number of aromatic nitrogens is 1. The first-order valence-electron chi connectivity index (χ1n) is 4.66. The highest BCUT2D eigenvalue weighted by molar-refractivity contribution is 7.90. The Morgan fingerprint density at radius 2 is 1.75 bits per heavy atom. The largest absolute Gasteiger partial charge is 0.267 e. The Hall–Kier alpha value is -1.62. The van der Waals surface area contributed by atoms with E-state index in [2.05, 4.69) is 0 Å². The molecule has 0 unspecified atom stereocenters. The van der Waals surface area contributed by atoms with Crippen LogP contribution in [0.15, 0.2) is 47.6 Å². The van der Waals surface area contributed by atoms with E-state index in [1.54, 1.807) is 13.0 Å². The summed E-state index contributed by atoms with van der Waals surface area (Å²) in [4.78, 5) is 0.0736. The highest BCUT2D eigenvalue weighted by Crippen LogP contribution is 2.15. The summed E-state index contributed by atoms with van der Waals surface area (Å²) < 4.78 is 37.8. The van der Waals surface area contributed by atoms with Crippen LogP contribution in [0.4, 0.5) is 4.39 Å². The maximum absolute atomic E-state index is 12.7. The minimum atomic E-state index is -3.58. The normalized spacial score (nSPS) is 11.6. The molecule has 0 spiro atoms. The lowest BCUT2D eigenvalue weighted by Crippen LogP contribution is -2.10. The molecular weight excluding hydrogens is 229 g/mol. The molecule has 0 saturated carbocycles. The summed E-state index contributed by atoms with van der Waals surface area (Å²) in [6.45, 7) is 1.80. The van der Waals surface area contributed by atoms with Gasteiger partial charge in [0, 0.05) is 12.4 Å². The molecule has 0 aliphatic rings.